The molecule has 0 saturated carbocycles. The van der Waals surface area contributed by atoms with Crippen LogP contribution in [0.3, 0.4) is 0 Å². The Morgan fingerprint density at radius 1 is 1.12 bits per heavy atom. The van der Waals surface area contributed by atoms with E-state index in [9.17, 15) is 4.39 Å². The number of rotatable bonds is 7. The topological polar surface area (TPSA) is 21.3 Å². The minimum absolute atomic E-state index is 0.209. The van der Waals surface area contributed by atoms with Crippen LogP contribution in [-0.4, -0.2) is 26.8 Å². The third kappa shape index (κ3) is 4.92. The highest BCUT2D eigenvalue weighted by molar-refractivity contribution is 7.17. The first-order valence-corrected chi connectivity index (χ1v) is 9.61. The van der Waals surface area contributed by atoms with Gasteiger partial charge in [0.15, 0.2) is 0 Å². The van der Waals surface area contributed by atoms with Crippen LogP contribution in [0.1, 0.15) is 18.4 Å². The molecule has 0 atom stereocenters. The molecule has 2 aromatic carbocycles. The maximum atomic E-state index is 13.1. The standard InChI is InChI=1S/C22H22FNOS/c1-25-14-13-24-12-4-2-3-5-17-6-11-20-21(16-26-22(20)15-17)18-7-9-19(23)10-8-18/h6-11,15-16,24H,2,4,12-14H2,1H3. The molecular formula is C22H22FNOS. The van der Waals surface area contributed by atoms with Gasteiger partial charge < -0.3 is 10.1 Å². The first-order valence-electron chi connectivity index (χ1n) is 8.73. The molecule has 0 radical (unpaired) electrons. The Bertz CT molecular complexity index is 905. The van der Waals surface area contributed by atoms with E-state index in [4.69, 9.17) is 4.74 Å². The van der Waals surface area contributed by atoms with Crippen LogP contribution >= 0.6 is 11.3 Å². The van der Waals surface area contributed by atoms with Crippen LogP contribution in [0.25, 0.3) is 21.2 Å². The maximum Gasteiger partial charge on any atom is 0.123 e. The van der Waals surface area contributed by atoms with Crippen LogP contribution < -0.4 is 5.32 Å². The van der Waals surface area contributed by atoms with Gasteiger partial charge >= 0.3 is 0 Å². The van der Waals surface area contributed by atoms with Crippen molar-refractivity contribution in [3.63, 3.8) is 0 Å². The summed E-state index contributed by atoms with van der Waals surface area (Å²) in [4.78, 5) is 0. The summed E-state index contributed by atoms with van der Waals surface area (Å²) < 4.78 is 19.3. The fraction of sp³-hybridized carbons (Fsp3) is 0.273. The highest BCUT2D eigenvalue weighted by Crippen LogP contribution is 2.34. The van der Waals surface area contributed by atoms with Gasteiger partial charge in [-0.1, -0.05) is 30.0 Å². The Morgan fingerprint density at radius 2 is 1.96 bits per heavy atom. The van der Waals surface area contributed by atoms with Crippen molar-refractivity contribution in [2.24, 2.45) is 0 Å². The lowest BCUT2D eigenvalue weighted by Gasteiger charge is -2.01. The van der Waals surface area contributed by atoms with Crippen LogP contribution in [0.2, 0.25) is 0 Å². The van der Waals surface area contributed by atoms with Crippen molar-refractivity contribution in [1.82, 2.24) is 5.32 Å². The van der Waals surface area contributed by atoms with E-state index in [2.05, 4.69) is 40.7 Å². The van der Waals surface area contributed by atoms with E-state index < -0.39 is 0 Å². The van der Waals surface area contributed by atoms with Crippen molar-refractivity contribution in [3.8, 4) is 23.0 Å². The fourth-order valence-corrected chi connectivity index (χ4v) is 3.73. The van der Waals surface area contributed by atoms with Crippen molar-refractivity contribution in [1.29, 1.82) is 0 Å². The van der Waals surface area contributed by atoms with Crippen LogP contribution in [0, 0.1) is 17.7 Å². The second kappa shape index (κ2) is 9.49. The molecule has 0 aliphatic rings. The van der Waals surface area contributed by atoms with Gasteiger partial charge in [-0.15, -0.1) is 11.3 Å². The van der Waals surface area contributed by atoms with Crippen molar-refractivity contribution in [2.45, 2.75) is 12.8 Å². The number of fused-ring (bicyclic) bond motifs is 1. The molecule has 4 heteroatoms. The lowest BCUT2D eigenvalue weighted by Crippen LogP contribution is -2.20. The normalized spacial score (nSPS) is 10.7. The number of nitrogens with one attached hydrogen (secondary N) is 1. The highest BCUT2D eigenvalue weighted by Gasteiger charge is 2.07. The Morgan fingerprint density at radius 3 is 2.77 bits per heavy atom. The third-order valence-corrected chi connectivity index (χ3v) is 5.05. The zero-order chi connectivity index (χ0) is 18.2. The third-order valence-electron chi connectivity index (χ3n) is 4.10. The maximum absolute atomic E-state index is 13.1. The zero-order valence-electron chi connectivity index (χ0n) is 14.8. The molecule has 26 heavy (non-hydrogen) atoms. The van der Waals surface area contributed by atoms with E-state index in [-0.39, 0.29) is 5.82 Å². The Kier molecular flexibility index (Phi) is 6.79. The smallest absolute Gasteiger partial charge is 0.123 e. The zero-order valence-corrected chi connectivity index (χ0v) is 15.7. The summed E-state index contributed by atoms with van der Waals surface area (Å²) in [5, 5.41) is 6.63. The van der Waals surface area contributed by atoms with Gasteiger partial charge in [-0.3, -0.25) is 0 Å². The van der Waals surface area contributed by atoms with Gasteiger partial charge in [0.2, 0.25) is 0 Å². The van der Waals surface area contributed by atoms with Gasteiger partial charge in [0.05, 0.1) is 6.61 Å². The number of ether oxygens (including phenoxy) is 1. The SMILES string of the molecule is COCCNCCCC#Cc1ccc2c(-c3ccc(F)cc3)csc2c1. The molecule has 2 nitrogen and oxygen atoms in total. The van der Waals surface area contributed by atoms with E-state index in [1.165, 1.54) is 22.2 Å². The summed E-state index contributed by atoms with van der Waals surface area (Å²) in [5.74, 6) is 6.29. The number of methoxy groups -OCH3 is 1. The molecule has 0 aliphatic heterocycles. The van der Waals surface area contributed by atoms with Gasteiger partial charge in [0, 0.05) is 41.3 Å². The Hall–Kier alpha value is -2.19. The van der Waals surface area contributed by atoms with E-state index in [0.717, 1.165) is 49.2 Å². The molecule has 0 aliphatic carbocycles. The Labute approximate surface area is 158 Å². The van der Waals surface area contributed by atoms with Gasteiger partial charge in [-0.05, 0) is 48.2 Å². The quantitative estimate of drug-likeness (QED) is 0.465. The molecule has 0 spiro atoms. The van der Waals surface area contributed by atoms with Crippen LogP contribution in [0.4, 0.5) is 4.39 Å². The molecule has 3 rings (SSSR count). The number of thiophene rings is 1. The first kappa shape index (κ1) is 18.6. The minimum Gasteiger partial charge on any atom is -0.383 e. The van der Waals surface area contributed by atoms with E-state index in [1.54, 1.807) is 18.4 Å². The van der Waals surface area contributed by atoms with E-state index >= 15 is 0 Å². The Balaban J connectivity index is 1.62. The molecule has 0 fully saturated rings. The van der Waals surface area contributed by atoms with Crippen molar-refractivity contribution in [3.05, 3.63) is 59.2 Å². The van der Waals surface area contributed by atoms with Crippen molar-refractivity contribution < 1.29 is 9.13 Å². The molecule has 0 unspecified atom stereocenters. The number of benzene rings is 2. The van der Waals surface area contributed by atoms with Gasteiger partial charge in [-0.25, -0.2) is 4.39 Å². The summed E-state index contributed by atoms with van der Waals surface area (Å²) in [6.07, 6.45) is 1.91. The lowest BCUT2D eigenvalue weighted by molar-refractivity contribution is 0.199. The molecular weight excluding hydrogens is 345 g/mol. The van der Waals surface area contributed by atoms with E-state index in [1.807, 2.05) is 12.1 Å². The average Bonchev–Trinajstić information content (AvgIpc) is 3.08. The number of hydrogen-bond donors (Lipinski definition) is 1. The molecule has 0 bridgehead atoms. The summed E-state index contributed by atoms with van der Waals surface area (Å²) in [6.45, 7) is 2.59. The predicted molar refractivity (Wildman–Crippen MR) is 108 cm³/mol. The lowest BCUT2D eigenvalue weighted by atomic mass is 10.0. The predicted octanol–water partition coefficient (Wildman–Crippen LogP) is 5.08. The number of halogens is 1. The van der Waals surface area contributed by atoms with Crippen LogP contribution in [-0.2, 0) is 4.74 Å². The molecule has 134 valence electrons. The molecule has 3 aromatic rings. The molecule has 0 saturated heterocycles. The van der Waals surface area contributed by atoms with Gasteiger partial charge in [0.1, 0.15) is 5.82 Å². The number of hydrogen-bond acceptors (Lipinski definition) is 3. The molecule has 1 N–H and O–H groups in total. The summed E-state index contributed by atoms with van der Waals surface area (Å²) in [5.41, 5.74) is 3.22. The molecule has 1 heterocycles. The summed E-state index contributed by atoms with van der Waals surface area (Å²) in [6, 6.07) is 13.0. The average molecular weight is 367 g/mol. The first-order chi connectivity index (χ1) is 12.8. The second-order valence-corrected chi connectivity index (χ2v) is 6.93. The fourth-order valence-electron chi connectivity index (χ4n) is 2.72. The summed E-state index contributed by atoms with van der Waals surface area (Å²) in [7, 11) is 1.71. The molecule has 1 aromatic heterocycles. The highest BCUT2D eigenvalue weighted by atomic mass is 32.1. The minimum atomic E-state index is -0.209. The number of unbranched alkanes of at least 4 members (excludes halogenated alkanes) is 1. The van der Waals surface area contributed by atoms with E-state index in [0.29, 0.717) is 0 Å². The largest absolute Gasteiger partial charge is 0.383 e. The van der Waals surface area contributed by atoms with Crippen LogP contribution in [0.5, 0.6) is 0 Å². The van der Waals surface area contributed by atoms with Gasteiger partial charge in [0.25, 0.3) is 0 Å². The van der Waals surface area contributed by atoms with Crippen molar-refractivity contribution in [2.75, 3.05) is 26.8 Å². The van der Waals surface area contributed by atoms with Crippen molar-refractivity contribution >= 4 is 21.4 Å². The molecule has 0 amide bonds. The van der Waals surface area contributed by atoms with Crippen LogP contribution in [0.15, 0.2) is 47.8 Å². The second-order valence-electron chi connectivity index (χ2n) is 6.02. The monoisotopic (exact) mass is 367 g/mol. The van der Waals surface area contributed by atoms with Gasteiger partial charge in [-0.2, -0.15) is 0 Å². The summed E-state index contributed by atoms with van der Waals surface area (Å²) >= 11 is 1.70.